The van der Waals surface area contributed by atoms with Crippen LogP contribution in [0.3, 0.4) is 0 Å². The minimum atomic E-state index is 1.10. The van der Waals surface area contributed by atoms with Gasteiger partial charge in [0.25, 0.3) is 0 Å². The van der Waals surface area contributed by atoms with Gasteiger partial charge in [0.15, 0.2) is 0 Å². The zero-order valence-electron chi connectivity index (χ0n) is 14.8. The Morgan fingerprint density at radius 2 is 0.917 bits per heavy atom. The Balaban J connectivity index is 0.00000100. The van der Waals surface area contributed by atoms with Crippen LogP contribution in [0.4, 0.5) is 0 Å². The molecule has 4 aliphatic rings. The molecule has 4 aliphatic heterocycles. The molecular weight excluding hydrogens is 334 g/mol. The second kappa shape index (κ2) is 8.77. The minimum absolute atomic E-state index is 1.10. The molecule has 0 N–H and O–H groups in total. The third-order valence-electron chi connectivity index (χ3n) is 4.99. The van der Waals surface area contributed by atoms with Crippen LogP contribution in [0.2, 0.25) is 0 Å². The van der Waals surface area contributed by atoms with E-state index in [-0.39, 0.29) is 0 Å². The summed E-state index contributed by atoms with van der Waals surface area (Å²) in [5.41, 5.74) is 17.8. The Morgan fingerprint density at radius 1 is 0.625 bits per heavy atom. The average molecular weight is 359 g/mol. The Bertz CT molecular complexity index is 647. The fraction of sp³-hybridized carbons (Fsp3) is 0.400. The SMILES string of the molecule is Cc1c(C)c2c(C)c(C)c1CSCc1ccc(cc1)CSC2.N#[O+]. The van der Waals surface area contributed by atoms with Crippen LogP contribution < -0.4 is 0 Å². The molecule has 0 fully saturated rings. The first kappa shape index (κ1) is 19.1. The summed E-state index contributed by atoms with van der Waals surface area (Å²) in [6.45, 7) is 9.24. The van der Waals surface area contributed by atoms with Crippen LogP contribution in [0.1, 0.15) is 44.5 Å². The number of nitrogens with zero attached hydrogens (tertiary/aromatic N) is 1. The standard InChI is InChI=1S/C20H24S2.NO/c1-13-14(2)20-12-22-10-18-7-5-17(6-8-18)9-21-11-19(13)15(3)16(20)4;1-2/h5-8H,9-12H2,1-4H3;/q;+1. The van der Waals surface area contributed by atoms with Gasteiger partial charge in [-0.25, -0.2) is 0 Å². The molecule has 2 nitrogen and oxygen atoms in total. The second-order valence-corrected chi connectivity index (χ2v) is 8.23. The van der Waals surface area contributed by atoms with Crippen molar-refractivity contribution in [2.45, 2.75) is 50.7 Å². The molecule has 0 unspecified atom stereocenters. The third-order valence-corrected chi connectivity index (χ3v) is 7.05. The van der Waals surface area contributed by atoms with E-state index < -0.39 is 0 Å². The third kappa shape index (κ3) is 4.07. The van der Waals surface area contributed by atoms with E-state index >= 15 is 0 Å². The molecule has 6 rings (SSSR count). The number of thioether (sulfide) groups is 2. The summed E-state index contributed by atoms with van der Waals surface area (Å²) in [5, 5.41) is 0. The van der Waals surface area contributed by atoms with Gasteiger partial charge in [-0.2, -0.15) is 23.5 Å². The predicted octanol–water partition coefficient (Wildman–Crippen LogP) is 6.00. The molecular formula is C20H24NOS2+. The zero-order valence-corrected chi connectivity index (χ0v) is 16.4. The van der Waals surface area contributed by atoms with Crippen molar-refractivity contribution in [2.75, 3.05) is 0 Å². The van der Waals surface area contributed by atoms with Crippen molar-refractivity contribution in [3.05, 3.63) is 68.8 Å². The molecule has 0 spiro atoms. The summed E-state index contributed by atoms with van der Waals surface area (Å²) in [6, 6.07) is 9.19. The van der Waals surface area contributed by atoms with Crippen LogP contribution >= 0.6 is 23.5 Å². The monoisotopic (exact) mass is 358 g/mol. The number of rotatable bonds is 0. The molecule has 4 heteroatoms. The summed E-state index contributed by atoms with van der Waals surface area (Å²) in [5.74, 6) is 4.45. The van der Waals surface area contributed by atoms with Crippen LogP contribution in [0.25, 0.3) is 0 Å². The Hall–Kier alpha value is -1.19. The van der Waals surface area contributed by atoms with Gasteiger partial charge in [-0.1, -0.05) is 24.3 Å². The van der Waals surface area contributed by atoms with Gasteiger partial charge >= 0.3 is 10.2 Å². The molecule has 0 radical (unpaired) electrons. The van der Waals surface area contributed by atoms with Gasteiger partial charge in [-0.05, 0) is 72.2 Å². The summed E-state index contributed by atoms with van der Waals surface area (Å²) >= 11 is 4.07. The molecule has 24 heavy (non-hydrogen) atoms. The van der Waals surface area contributed by atoms with Crippen molar-refractivity contribution in [3.8, 4) is 0 Å². The molecule has 0 amide bonds. The fourth-order valence-electron chi connectivity index (χ4n) is 3.17. The van der Waals surface area contributed by atoms with Gasteiger partial charge in [0, 0.05) is 23.0 Å². The number of hydrogen-bond donors (Lipinski definition) is 0. The number of benzene rings is 2. The molecule has 126 valence electrons. The average Bonchev–Trinajstić information content (AvgIpc) is 2.62. The summed E-state index contributed by atoms with van der Waals surface area (Å²) in [6.07, 6.45) is 0. The van der Waals surface area contributed by atoms with E-state index in [4.69, 9.17) is 10.2 Å². The molecule has 4 bridgehead atoms. The maximum absolute atomic E-state index is 7.25. The normalized spacial score (nSPS) is 13.9. The molecule has 0 saturated carbocycles. The van der Waals surface area contributed by atoms with Crippen molar-refractivity contribution < 1.29 is 4.77 Å². The van der Waals surface area contributed by atoms with Crippen LogP contribution in [0.15, 0.2) is 24.3 Å². The van der Waals surface area contributed by atoms with E-state index in [1.165, 1.54) is 33.4 Å². The van der Waals surface area contributed by atoms with Gasteiger partial charge in [0.05, 0.1) is 0 Å². The van der Waals surface area contributed by atoms with Crippen LogP contribution in [-0.2, 0) is 27.8 Å². The van der Waals surface area contributed by atoms with Gasteiger partial charge in [-0.15, -0.1) is 0 Å². The van der Waals surface area contributed by atoms with E-state index in [1.54, 1.807) is 11.1 Å². The maximum atomic E-state index is 7.25. The van der Waals surface area contributed by atoms with E-state index in [1.807, 2.05) is 23.5 Å². The Morgan fingerprint density at radius 3 is 1.21 bits per heavy atom. The molecule has 0 aliphatic carbocycles. The first-order valence-electron chi connectivity index (χ1n) is 8.07. The first-order chi connectivity index (χ1) is 11.6. The predicted molar refractivity (Wildman–Crippen MR) is 104 cm³/mol. The Labute approximate surface area is 153 Å². The van der Waals surface area contributed by atoms with E-state index in [2.05, 4.69) is 52.0 Å². The Kier molecular flexibility index (Phi) is 7.00. The molecule has 2 aromatic rings. The van der Waals surface area contributed by atoms with Gasteiger partial charge in [0.2, 0.25) is 0 Å². The van der Waals surface area contributed by atoms with Crippen LogP contribution in [0, 0.1) is 33.2 Å². The van der Waals surface area contributed by atoms with Crippen molar-refractivity contribution >= 4 is 23.5 Å². The van der Waals surface area contributed by atoms with Crippen molar-refractivity contribution in [1.82, 2.24) is 0 Å². The molecule has 0 saturated heterocycles. The zero-order chi connectivity index (χ0) is 17.7. The van der Waals surface area contributed by atoms with E-state index in [0.29, 0.717) is 0 Å². The molecule has 4 heterocycles. The summed E-state index contributed by atoms with van der Waals surface area (Å²) in [4.78, 5) is 0. The quantitative estimate of drug-likeness (QED) is 0.543. The summed E-state index contributed by atoms with van der Waals surface area (Å²) in [7, 11) is 0. The van der Waals surface area contributed by atoms with Crippen LogP contribution in [-0.4, -0.2) is 0 Å². The summed E-state index contributed by atoms with van der Waals surface area (Å²) < 4.78 is 7.25. The van der Waals surface area contributed by atoms with E-state index in [9.17, 15) is 0 Å². The number of hydrogen-bond acceptors (Lipinski definition) is 3. The fourth-order valence-corrected chi connectivity index (χ4v) is 5.51. The second-order valence-electron chi connectivity index (χ2n) is 6.26. The first-order valence-corrected chi connectivity index (χ1v) is 10.4. The van der Waals surface area contributed by atoms with Crippen molar-refractivity contribution in [3.63, 3.8) is 0 Å². The molecule has 2 aromatic carbocycles. The van der Waals surface area contributed by atoms with Crippen molar-refractivity contribution in [1.29, 1.82) is 5.46 Å². The van der Waals surface area contributed by atoms with Gasteiger partial charge in [-0.3, -0.25) is 0 Å². The molecule has 0 atom stereocenters. The van der Waals surface area contributed by atoms with Crippen molar-refractivity contribution in [2.24, 2.45) is 0 Å². The molecule has 0 aromatic heterocycles. The van der Waals surface area contributed by atoms with E-state index in [0.717, 1.165) is 23.0 Å². The van der Waals surface area contributed by atoms with Gasteiger partial charge in [0.1, 0.15) is 0 Å². The van der Waals surface area contributed by atoms with Gasteiger partial charge < -0.3 is 0 Å². The topological polar surface area (TPSA) is 43.7 Å². The van der Waals surface area contributed by atoms with Crippen LogP contribution in [0.5, 0.6) is 0 Å².